The number of carbonyl (C=O) groups excluding carboxylic acids is 2. The summed E-state index contributed by atoms with van der Waals surface area (Å²) in [6.07, 6.45) is 4.16. The first-order valence-corrected chi connectivity index (χ1v) is 8.33. The van der Waals surface area contributed by atoms with E-state index in [1.54, 1.807) is 0 Å². The maximum Gasteiger partial charge on any atom is 0.269 e. The summed E-state index contributed by atoms with van der Waals surface area (Å²) in [4.78, 5) is 33.0. The monoisotopic (exact) mass is 333 g/mol. The van der Waals surface area contributed by atoms with Crippen LogP contribution in [0, 0.1) is 0 Å². The van der Waals surface area contributed by atoms with E-state index in [9.17, 15) is 9.59 Å². The molecule has 5 N–H and O–H groups in total. The fraction of sp³-hybridized carbons (Fsp3) is 0.529. The normalized spacial score (nSPS) is 13.4. The molecule has 1 aliphatic heterocycles. The number of nitrogens with zero attached hydrogens (tertiary/aromatic N) is 2. The molecule has 1 aromatic rings. The van der Waals surface area contributed by atoms with Crippen LogP contribution in [0.15, 0.2) is 16.3 Å². The van der Waals surface area contributed by atoms with Gasteiger partial charge in [-0.1, -0.05) is 27.7 Å². The number of aryl methyl sites for hydroxylation is 2. The second kappa shape index (κ2) is 9.00. The van der Waals surface area contributed by atoms with E-state index in [4.69, 9.17) is 11.5 Å². The molecular weight excluding hydrogens is 306 g/mol. The number of carbonyl (C=O) groups is 2. The molecule has 2 heterocycles. The Morgan fingerprint density at radius 1 is 1.00 bits per heavy atom. The number of aromatic nitrogens is 2. The van der Waals surface area contributed by atoms with Crippen molar-refractivity contribution < 1.29 is 9.59 Å². The minimum absolute atomic E-state index is 0.384. The number of allylic oxidation sites excluding steroid dienone is 1. The van der Waals surface area contributed by atoms with Gasteiger partial charge in [0.15, 0.2) is 0 Å². The highest BCUT2D eigenvalue weighted by atomic mass is 16.1. The first-order chi connectivity index (χ1) is 11.4. The maximum absolute atomic E-state index is 10.9. The molecule has 0 fully saturated rings. The molecule has 24 heavy (non-hydrogen) atoms. The second-order valence-electron chi connectivity index (χ2n) is 5.46. The lowest BCUT2D eigenvalue weighted by atomic mass is 10.1. The summed E-state index contributed by atoms with van der Waals surface area (Å²) in [5.74, 6) is -0.0289. The zero-order valence-electron chi connectivity index (χ0n) is 14.9. The molecule has 132 valence electrons. The van der Waals surface area contributed by atoms with E-state index in [0.29, 0.717) is 11.4 Å². The summed E-state index contributed by atoms with van der Waals surface area (Å²) < 4.78 is 0. The van der Waals surface area contributed by atoms with Gasteiger partial charge in [0.2, 0.25) is 0 Å². The van der Waals surface area contributed by atoms with Gasteiger partial charge in [-0.2, -0.15) is 0 Å². The van der Waals surface area contributed by atoms with Crippen LogP contribution < -0.4 is 11.5 Å². The van der Waals surface area contributed by atoms with E-state index >= 15 is 0 Å². The number of imidazole rings is 1. The first kappa shape index (κ1) is 19.6. The Balaban J connectivity index is 0.000000240. The summed E-state index contributed by atoms with van der Waals surface area (Å²) >= 11 is 0. The molecule has 2 amide bonds. The van der Waals surface area contributed by atoms with Crippen LogP contribution in [0.5, 0.6) is 0 Å². The van der Waals surface area contributed by atoms with Crippen LogP contribution in [0.4, 0.5) is 0 Å². The van der Waals surface area contributed by atoms with Crippen molar-refractivity contribution in [2.45, 2.75) is 59.8 Å². The van der Waals surface area contributed by atoms with Crippen LogP contribution in [0.1, 0.15) is 69.0 Å². The summed E-state index contributed by atoms with van der Waals surface area (Å²) in [6.45, 7) is 7.99. The highest BCUT2D eigenvalue weighted by Gasteiger charge is 2.18. The average molecular weight is 333 g/mol. The lowest BCUT2D eigenvalue weighted by Gasteiger charge is -1.97. The molecular formula is C17H27N5O2. The fourth-order valence-electron chi connectivity index (χ4n) is 2.42. The topological polar surface area (TPSA) is 127 Å². The van der Waals surface area contributed by atoms with Gasteiger partial charge in [0.25, 0.3) is 11.8 Å². The third kappa shape index (κ3) is 4.78. The molecule has 1 aromatic heterocycles. The zero-order chi connectivity index (χ0) is 18.3. The lowest BCUT2D eigenvalue weighted by Crippen LogP contribution is -2.13. The van der Waals surface area contributed by atoms with Crippen LogP contribution in [-0.2, 0) is 17.6 Å². The smallest absolute Gasteiger partial charge is 0.269 e. The van der Waals surface area contributed by atoms with Gasteiger partial charge >= 0.3 is 0 Å². The number of nitrogens with two attached hydrogens (primary N) is 2. The van der Waals surface area contributed by atoms with Gasteiger partial charge in [0.05, 0.1) is 0 Å². The molecule has 0 atom stereocenters. The number of primary amides is 2. The van der Waals surface area contributed by atoms with Crippen molar-refractivity contribution in [2.24, 2.45) is 16.5 Å². The Morgan fingerprint density at radius 2 is 1.67 bits per heavy atom. The van der Waals surface area contributed by atoms with Gasteiger partial charge in [-0.05, 0) is 24.8 Å². The molecule has 0 spiro atoms. The van der Waals surface area contributed by atoms with E-state index in [1.165, 1.54) is 0 Å². The van der Waals surface area contributed by atoms with Crippen molar-refractivity contribution in [2.75, 3.05) is 0 Å². The maximum atomic E-state index is 10.9. The minimum Gasteiger partial charge on any atom is -0.364 e. The molecule has 0 saturated heterocycles. The van der Waals surface area contributed by atoms with E-state index in [2.05, 4.69) is 15.0 Å². The van der Waals surface area contributed by atoms with Crippen LogP contribution in [0.3, 0.4) is 0 Å². The molecule has 2 rings (SSSR count). The summed E-state index contributed by atoms with van der Waals surface area (Å²) in [6, 6.07) is 0. The van der Waals surface area contributed by atoms with Gasteiger partial charge < -0.3 is 16.5 Å². The Kier molecular flexibility index (Phi) is 7.35. The Bertz CT molecular complexity index is 671. The van der Waals surface area contributed by atoms with Crippen molar-refractivity contribution in [3.8, 4) is 0 Å². The Hall–Kier alpha value is -2.44. The molecule has 0 unspecified atom stereocenters. The third-order valence-electron chi connectivity index (χ3n) is 3.84. The highest BCUT2D eigenvalue weighted by molar-refractivity contribution is 6.01. The van der Waals surface area contributed by atoms with Gasteiger partial charge in [-0.25, -0.2) is 4.98 Å². The molecule has 0 aliphatic carbocycles. The van der Waals surface area contributed by atoms with Crippen molar-refractivity contribution in [3.05, 3.63) is 28.5 Å². The molecule has 7 nitrogen and oxygen atoms in total. The summed E-state index contributed by atoms with van der Waals surface area (Å²) in [7, 11) is 0. The number of hydrogen-bond acceptors (Lipinski definition) is 4. The molecule has 0 saturated carbocycles. The van der Waals surface area contributed by atoms with Crippen LogP contribution in [0.2, 0.25) is 0 Å². The predicted molar refractivity (Wildman–Crippen MR) is 94.7 cm³/mol. The molecule has 0 radical (unpaired) electrons. The van der Waals surface area contributed by atoms with E-state index < -0.39 is 11.8 Å². The van der Waals surface area contributed by atoms with Gasteiger partial charge in [0, 0.05) is 24.2 Å². The van der Waals surface area contributed by atoms with Crippen molar-refractivity contribution in [1.82, 2.24) is 9.97 Å². The molecule has 0 bridgehead atoms. The largest absolute Gasteiger partial charge is 0.364 e. The second-order valence-corrected chi connectivity index (χ2v) is 5.46. The zero-order valence-corrected chi connectivity index (χ0v) is 14.9. The minimum atomic E-state index is -0.456. The lowest BCUT2D eigenvalue weighted by molar-refractivity contribution is -0.114. The van der Waals surface area contributed by atoms with E-state index in [-0.39, 0.29) is 0 Å². The number of nitrogens with one attached hydrogen (secondary N) is 1. The van der Waals surface area contributed by atoms with Crippen LogP contribution >= 0.6 is 0 Å². The summed E-state index contributed by atoms with van der Waals surface area (Å²) in [5.41, 5.74) is 14.2. The van der Waals surface area contributed by atoms with Gasteiger partial charge in [-0.15, -0.1) is 0 Å². The van der Waals surface area contributed by atoms with Gasteiger partial charge in [0.1, 0.15) is 17.2 Å². The quantitative estimate of drug-likeness (QED) is 0.736. The average Bonchev–Trinajstić information content (AvgIpc) is 3.18. The fourth-order valence-corrected chi connectivity index (χ4v) is 2.42. The number of aromatic amines is 1. The predicted octanol–water partition coefficient (Wildman–Crippen LogP) is 2.02. The first-order valence-electron chi connectivity index (χ1n) is 8.33. The van der Waals surface area contributed by atoms with Crippen molar-refractivity contribution >= 4 is 17.5 Å². The highest BCUT2D eigenvalue weighted by Crippen LogP contribution is 2.23. The standard InChI is InChI=1S/C9H14N2O.C8H13N3O/c1-3-6-5-7(4-2)11-8(6)9(10)12;1-3-5-7(8(9)12)11-6(4-2)10-5/h3-5H2,1-2H3,(H2,10,12);3-4H2,1-2H3,(H2,9,12)(H,10,11). The van der Waals surface area contributed by atoms with Gasteiger partial charge in [-0.3, -0.25) is 14.6 Å². The molecule has 0 aromatic carbocycles. The summed E-state index contributed by atoms with van der Waals surface area (Å²) in [5, 5.41) is 0. The Morgan fingerprint density at radius 3 is 2.00 bits per heavy atom. The van der Waals surface area contributed by atoms with E-state index in [1.807, 2.05) is 27.7 Å². The van der Waals surface area contributed by atoms with Crippen molar-refractivity contribution in [1.29, 1.82) is 0 Å². The molecule has 7 heteroatoms. The number of H-pyrrole nitrogens is 1. The van der Waals surface area contributed by atoms with E-state index in [0.717, 1.165) is 54.9 Å². The van der Waals surface area contributed by atoms with Crippen LogP contribution in [0.25, 0.3) is 0 Å². The SMILES string of the molecule is CCC1=NC(C(N)=O)=C(CC)C1.CCc1nc(C(N)=O)c(CC)[nH]1. The molecule has 1 aliphatic rings. The van der Waals surface area contributed by atoms with Crippen LogP contribution in [-0.4, -0.2) is 27.5 Å². The number of hydrogen-bond donors (Lipinski definition) is 3. The number of rotatable bonds is 6. The Labute approximate surface area is 142 Å². The number of amides is 2. The third-order valence-corrected chi connectivity index (χ3v) is 3.84. The van der Waals surface area contributed by atoms with Crippen molar-refractivity contribution in [3.63, 3.8) is 0 Å². The number of aliphatic imine (C=N–C) groups is 1.